The Morgan fingerprint density at radius 1 is 1.07 bits per heavy atom. The van der Waals surface area contributed by atoms with Crippen LogP contribution in [0.15, 0.2) is 35.4 Å². The number of hydrogen-bond donors (Lipinski definition) is 6. The van der Waals surface area contributed by atoms with Crippen LogP contribution < -0.4 is 10.6 Å². The molecule has 0 aliphatic carbocycles. The molecular formula is C27H46N4O10P2. The highest BCUT2D eigenvalue weighted by molar-refractivity contribution is 7.72. The van der Waals surface area contributed by atoms with Gasteiger partial charge in [0.1, 0.15) is 13.2 Å². The molecule has 43 heavy (non-hydrogen) atoms. The van der Waals surface area contributed by atoms with Gasteiger partial charge in [-0.15, -0.1) is 0 Å². The van der Waals surface area contributed by atoms with Gasteiger partial charge in [-0.2, -0.15) is 5.10 Å². The van der Waals surface area contributed by atoms with Crippen molar-refractivity contribution in [2.75, 3.05) is 20.1 Å². The van der Waals surface area contributed by atoms with Crippen LogP contribution in [-0.4, -0.2) is 79.7 Å². The van der Waals surface area contributed by atoms with Gasteiger partial charge in [-0.25, -0.2) is 4.79 Å². The summed E-state index contributed by atoms with van der Waals surface area (Å²) in [5.41, 5.74) is 0.813. The molecule has 1 aromatic rings. The predicted octanol–water partition coefficient (Wildman–Crippen LogP) is 3.05. The number of nitrogens with one attached hydrogen (secondary N) is 2. The topological polar surface area (TPSA) is 215 Å². The van der Waals surface area contributed by atoms with E-state index < -0.39 is 44.7 Å². The van der Waals surface area contributed by atoms with E-state index in [0.29, 0.717) is 19.8 Å². The third kappa shape index (κ3) is 12.9. The van der Waals surface area contributed by atoms with Crippen molar-refractivity contribution in [3.05, 3.63) is 35.9 Å². The maximum atomic E-state index is 13.4. The maximum absolute atomic E-state index is 13.4. The number of rotatable bonds is 18. The molecule has 0 heterocycles. The molecule has 1 rings (SSSR count). The number of alkyl carbamates (subject to hydrolysis) is 1. The summed E-state index contributed by atoms with van der Waals surface area (Å²) in [6.07, 6.45) is 2.12. The molecule has 0 spiro atoms. The van der Waals surface area contributed by atoms with Crippen molar-refractivity contribution in [1.29, 1.82) is 0 Å². The number of hydrogen-bond acceptors (Lipinski definition) is 8. The minimum Gasteiger partial charge on any atom is -0.445 e. The van der Waals surface area contributed by atoms with E-state index in [1.54, 1.807) is 0 Å². The van der Waals surface area contributed by atoms with Crippen LogP contribution in [0.2, 0.25) is 0 Å². The molecule has 0 unspecified atom stereocenters. The van der Waals surface area contributed by atoms with Gasteiger partial charge in [0.25, 0.3) is 0 Å². The minimum absolute atomic E-state index is 0.0640. The van der Waals surface area contributed by atoms with Gasteiger partial charge in [0, 0.05) is 32.1 Å². The van der Waals surface area contributed by atoms with Gasteiger partial charge < -0.3 is 34.9 Å². The third-order valence-electron chi connectivity index (χ3n) is 7.01. The van der Waals surface area contributed by atoms with Crippen LogP contribution >= 0.6 is 15.2 Å². The van der Waals surface area contributed by atoms with E-state index in [-0.39, 0.29) is 43.1 Å². The first-order valence-corrected chi connectivity index (χ1v) is 17.2. The quantitative estimate of drug-likeness (QED) is 0.0773. The third-order valence-corrected chi connectivity index (χ3v) is 11.4. The van der Waals surface area contributed by atoms with Gasteiger partial charge in [-0.3, -0.25) is 23.7 Å². The summed E-state index contributed by atoms with van der Waals surface area (Å²) >= 11 is 0. The van der Waals surface area contributed by atoms with Crippen LogP contribution in [0.3, 0.4) is 0 Å². The molecule has 0 aromatic heterocycles. The van der Waals surface area contributed by atoms with Crippen LogP contribution in [0.5, 0.6) is 0 Å². The number of carbonyl (C=O) groups is 3. The molecule has 0 saturated heterocycles. The highest BCUT2D eigenvalue weighted by Crippen LogP contribution is 2.68. The molecule has 16 heteroatoms. The molecule has 0 radical (unpaired) electrons. The van der Waals surface area contributed by atoms with E-state index in [9.17, 15) is 43.1 Å². The normalized spacial score (nSPS) is 14.7. The Bertz CT molecular complexity index is 1160. The Hall–Kier alpha value is -2.60. The summed E-state index contributed by atoms with van der Waals surface area (Å²) in [6, 6.07) is 8.38. The predicted molar refractivity (Wildman–Crippen MR) is 162 cm³/mol. The van der Waals surface area contributed by atoms with E-state index in [1.165, 1.54) is 18.3 Å². The molecule has 0 saturated carbocycles. The van der Waals surface area contributed by atoms with E-state index in [0.717, 1.165) is 5.56 Å². The average molecular weight is 649 g/mol. The molecular weight excluding hydrogens is 602 g/mol. The van der Waals surface area contributed by atoms with Crippen LogP contribution in [-0.2, 0) is 30.1 Å². The summed E-state index contributed by atoms with van der Waals surface area (Å²) in [5, 5.41) is 10.3. The Balaban J connectivity index is 2.86. The summed E-state index contributed by atoms with van der Waals surface area (Å²) in [4.78, 5) is 73.2. The fourth-order valence-electron chi connectivity index (χ4n) is 4.01. The number of nitrogens with zero attached hydrogens (tertiary/aromatic N) is 2. The number of Topliss-reactive ketones (excluding diaryl/α,β-unsaturated/α-hetero) is 1. The Morgan fingerprint density at radius 3 is 2.16 bits per heavy atom. The van der Waals surface area contributed by atoms with E-state index >= 15 is 0 Å². The van der Waals surface area contributed by atoms with Crippen molar-refractivity contribution in [1.82, 2.24) is 15.6 Å². The molecule has 0 fully saturated rings. The lowest BCUT2D eigenvalue weighted by atomic mass is 9.87. The van der Waals surface area contributed by atoms with Crippen molar-refractivity contribution in [3.8, 4) is 0 Å². The first kappa shape index (κ1) is 38.4. The van der Waals surface area contributed by atoms with E-state index in [4.69, 9.17) is 4.74 Å². The number of ketones is 1. The van der Waals surface area contributed by atoms with Gasteiger partial charge in [-0.05, 0) is 30.7 Å². The summed E-state index contributed by atoms with van der Waals surface area (Å²) in [7, 11) is -9.11. The fourth-order valence-corrected chi connectivity index (χ4v) is 5.94. The van der Waals surface area contributed by atoms with E-state index in [2.05, 4.69) is 15.7 Å². The molecule has 14 nitrogen and oxygen atoms in total. The standard InChI is InChI=1S/C27H46N4O10P2/c1-7-20(4)25(30-26(34)41-17-21-11-9-8-10-12-21)23(32)14-22(13-19(2)3)15-29-31(6)16-24(33)28-18-27(5,42(35,36)37)43(38,39)40/h8-12,15,19-20,22,25H,7,13-14,16-18H2,1-6H3,(H,28,33)(H,30,34)(H2,35,36,37)(H2,38,39,40)/b29-15+/t20-,22+,25+/m1/s1. The summed E-state index contributed by atoms with van der Waals surface area (Å²) in [6.45, 7) is 7.16. The zero-order valence-electron chi connectivity index (χ0n) is 25.5. The van der Waals surface area contributed by atoms with Crippen molar-refractivity contribution in [2.45, 2.75) is 71.4 Å². The summed E-state index contributed by atoms with van der Waals surface area (Å²) < 4.78 is 28.7. The van der Waals surface area contributed by atoms with Gasteiger partial charge in [0.05, 0.1) is 6.04 Å². The first-order valence-electron chi connectivity index (χ1n) is 13.9. The second kappa shape index (κ2) is 17.0. The molecule has 0 bridgehead atoms. The second-order valence-electron chi connectivity index (χ2n) is 11.3. The molecule has 0 aliphatic heterocycles. The van der Waals surface area contributed by atoms with Crippen molar-refractivity contribution >= 4 is 39.2 Å². The molecule has 0 aliphatic rings. The SMILES string of the molecule is CC[C@@H](C)[C@H](NC(=O)OCc1ccccc1)C(=O)C[C@@H](/C=N/N(C)CC(=O)NCC(C)(P(=O)(O)O)P(=O)(O)O)CC(C)C. The molecule has 6 N–H and O–H groups in total. The lowest BCUT2D eigenvalue weighted by Crippen LogP contribution is -2.46. The fraction of sp³-hybridized carbons (Fsp3) is 0.630. The minimum atomic E-state index is -5.29. The number of hydrazone groups is 1. The number of likely N-dealkylation sites (N-methyl/N-ethyl adjacent to an activating group) is 1. The number of benzene rings is 1. The highest BCUT2D eigenvalue weighted by atomic mass is 31.2. The molecule has 1 aromatic carbocycles. The van der Waals surface area contributed by atoms with Crippen molar-refractivity contribution in [2.24, 2.45) is 22.9 Å². The molecule has 2 amide bonds. The van der Waals surface area contributed by atoms with Crippen molar-refractivity contribution < 1.29 is 47.8 Å². The Labute approximate surface area is 253 Å². The zero-order chi connectivity index (χ0) is 33.0. The van der Waals surface area contributed by atoms with Gasteiger partial charge in [0.2, 0.25) is 5.91 Å². The van der Waals surface area contributed by atoms with E-state index in [1.807, 2.05) is 58.0 Å². The lowest BCUT2D eigenvalue weighted by Gasteiger charge is -2.31. The van der Waals surface area contributed by atoms with Gasteiger partial charge in [-0.1, -0.05) is 64.4 Å². The highest BCUT2D eigenvalue weighted by Gasteiger charge is 2.56. The number of ether oxygens (including phenoxy) is 1. The first-order chi connectivity index (χ1) is 19.8. The van der Waals surface area contributed by atoms with Gasteiger partial charge in [0.15, 0.2) is 10.7 Å². The number of amides is 2. The number of carbonyl (C=O) groups excluding carboxylic acids is 3. The smallest absolute Gasteiger partial charge is 0.408 e. The summed E-state index contributed by atoms with van der Waals surface area (Å²) in [5.74, 6) is -1.27. The maximum Gasteiger partial charge on any atom is 0.408 e. The van der Waals surface area contributed by atoms with Crippen LogP contribution in [0.1, 0.15) is 59.4 Å². The average Bonchev–Trinajstić information content (AvgIpc) is 2.90. The zero-order valence-corrected chi connectivity index (χ0v) is 27.3. The molecule has 3 atom stereocenters. The van der Waals surface area contributed by atoms with Crippen LogP contribution in [0, 0.1) is 17.8 Å². The van der Waals surface area contributed by atoms with Crippen LogP contribution in [0.25, 0.3) is 0 Å². The van der Waals surface area contributed by atoms with Crippen LogP contribution in [0.4, 0.5) is 4.79 Å². The second-order valence-corrected chi connectivity index (χ2v) is 15.8. The lowest BCUT2D eigenvalue weighted by molar-refractivity contribution is -0.123. The largest absolute Gasteiger partial charge is 0.445 e. The monoisotopic (exact) mass is 648 g/mol. The van der Waals surface area contributed by atoms with Crippen molar-refractivity contribution in [3.63, 3.8) is 0 Å². The molecule has 244 valence electrons. The van der Waals surface area contributed by atoms with Gasteiger partial charge >= 0.3 is 21.3 Å². The Kier molecular flexibility index (Phi) is 15.2. The Morgan fingerprint density at radius 2 is 1.65 bits per heavy atom.